The molecule has 0 atom stereocenters. The number of hydrogen-bond donors (Lipinski definition) is 0. The number of nitrogens with zero attached hydrogens (tertiary/aromatic N) is 1. The van der Waals surface area contributed by atoms with Crippen LogP contribution in [0.4, 0.5) is 0 Å². The van der Waals surface area contributed by atoms with E-state index in [1.54, 1.807) is 0 Å². The highest BCUT2D eigenvalue weighted by atomic mass is 15.3. The summed E-state index contributed by atoms with van der Waals surface area (Å²) in [5, 5.41) is 0. The standard InChI is InChI=1S/C19H34N/c1-4-7-8-12-17-20(15-5-2,16-6-3)18-19-13-10-9-11-14-19/h9-11,13-14H,4-8,12,15-18H2,1-3H3/q+1. The van der Waals surface area contributed by atoms with Crippen LogP contribution in [0.15, 0.2) is 30.3 Å². The maximum Gasteiger partial charge on any atom is 0.104 e. The Kier molecular flexibility index (Phi) is 8.60. The zero-order chi connectivity index (χ0) is 14.7. The van der Waals surface area contributed by atoms with E-state index in [0.29, 0.717) is 0 Å². The number of unbranched alkanes of at least 4 members (excludes halogenated alkanes) is 3. The molecule has 0 radical (unpaired) electrons. The molecule has 0 fully saturated rings. The van der Waals surface area contributed by atoms with Gasteiger partial charge in [0.2, 0.25) is 0 Å². The number of benzene rings is 1. The Morgan fingerprint density at radius 1 is 0.700 bits per heavy atom. The van der Waals surface area contributed by atoms with Gasteiger partial charge in [0, 0.05) is 5.56 Å². The van der Waals surface area contributed by atoms with E-state index in [2.05, 4.69) is 51.1 Å². The van der Waals surface area contributed by atoms with Crippen molar-refractivity contribution in [3.05, 3.63) is 35.9 Å². The van der Waals surface area contributed by atoms with Crippen LogP contribution < -0.4 is 0 Å². The van der Waals surface area contributed by atoms with Crippen molar-refractivity contribution in [3.8, 4) is 0 Å². The van der Waals surface area contributed by atoms with Crippen molar-refractivity contribution < 1.29 is 4.48 Å². The summed E-state index contributed by atoms with van der Waals surface area (Å²) in [6.45, 7) is 12.2. The van der Waals surface area contributed by atoms with Crippen LogP contribution in [-0.2, 0) is 6.54 Å². The zero-order valence-corrected chi connectivity index (χ0v) is 13.9. The Labute approximate surface area is 126 Å². The molecule has 0 amide bonds. The molecule has 0 aromatic heterocycles. The lowest BCUT2D eigenvalue weighted by Crippen LogP contribution is -2.49. The van der Waals surface area contributed by atoms with Crippen molar-refractivity contribution in [2.75, 3.05) is 19.6 Å². The molecule has 0 bridgehead atoms. The normalized spacial score (nSPS) is 11.8. The fourth-order valence-corrected chi connectivity index (χ4v) is 3.37. The highest BCUT2D eigenvalue weighted by molar-refractivity contribution is 5.13. The number of rotatable bonds is 11. The molecule has 1 heteroatoms. The minimum atomic E-state index is 1.22. The molecule has 0 aliphatic rings. The summed E-state index contributed by atoms with van der Waals surface area (Å²) < 4.78 is 1.29. The van der Waals surface area contributed by atoms with Crippen molar-refractivity contribution >= 4 is 0 Å². The van der Waals surface area contributed by atoms with Gasteiger partial charge in [-0.1, -0.05) is 63.9 Å². The minimum Gasteiger partial charge on any atom is -0.320 e. The first-order valence-corrected chi connectivity index (χ1v) is 8.65. The van der Waals surface area contributed by atoms with Crippen LogP contribution >= 0.6 is 0 Å². The van der Waals surface area contributed by atoms with Crippen LogP contribution in [0.2, 0.25) is 0 Å². The maximum atomic E-state index is 2.33. The Hall–Kier alpha value is -0.820. The molecule has 20 heavy (non-hydrogen) atoms. The predicted octanol–water partition coefficient (Wildman–Crippen LogP) is 5.40. The zero-order valence-electron chi connectivity index (χ0n) is 13.9. The molecule has 0 saturated heterocycles. The second kappa shape index (κ2) is 9.99. The predicted molar refractivity (Wildman–Crippen MR) is 89.7 cm³/mol. The quantitative estimate of drug-likeness (QED) is 0.375. The Morgan fingerprint density at radius 2 is 1.35 bits per heavy atom. The summed E-state index contributed by atoms with van der Waals surface area (Å²) >= 11 is 0. The summed E-state index contributed by atoms with van der Waals surface area (Å²) in [6, 6.07) is 11.1. The fourth-order valence-electron chi connectivity index (χ4n) is 3.37. The van der Waals surface area contributed by atoms with Crippen LogP contribution in [0.3, 0.4) is 0 Å². The highest BCUT2D eigenvalue weighted by Crippen LogP contribution is 2.19. The van der Waals surface area contributed by atoms with Crippen LogP contribution in [0.1, 0.15) is 64.9 Å². The molecule has 0 N–H and O–H groups in total. The molecule has 0 heterocycles. The molecule has 114 valence electrons. The number of quaternary nitrogens is 1. The molecular formula is C19H34N+. The van der Waals surface area contributed by atoms with Crippen LogP contribution in [-0.4, -0.2) is 24.1 Å². The third kappa shape index (κ3) is 6.09. The van der Waals surface area contributed by atoms with Gasteiger partial charge >= 0.3 is 0 Å². The Bertz CT molecular complexity index is 325. The van der Waals surface area contributed by atoms with Gasteiger partial charge in [-0.2, -0.15) is 0 Å². The average Bonchev–Trinajstić information content (AvgIpc) is 2.45. The van der Waals surface area contributed by atoms with Crippen molar-refractivity contribution in [2.24, 2.45) is 0 Å². The van der Waals surface area contributed by atoms with Crippen LogP contribution in [0.5, 0.6) is 0 Å². The lowest BCUT2D eigenvalue weighted by atomic mass is 10.1. The molecule has 1 aromatic carbocycles. The second-order valence-corrected chi connectivity index (χ2v) is 6.22. The van der Waals surface area contributed by atoms with E-state index in [1.807, 2.05) is 0 Å². The van der Waals surface area contributed by atoms with Gasteiger partial charge in [0.05, 0.1) is 19.6 Å². The molecule has 0 unspecified atom stereocenters. The highest BCUT2D eigenvalue weighted by Gasteiger charge is 2.25. The monoisotopic (exact) mass is 276 g/mol. The third-order valence-electron chi connectivity index (χ3n) is 4.24. The second-order valence-electron chi connectivity index (χ2n) is 6.22. The lowest BCUT2D eigenvalue weighted by molar-refractivity contribution is -0.941. The van der Waals surface area contributed by atoms with Gasteiger partial charge < -0.3 is 4.48 Å². The van der Waals surface area contributed by atoms with Gasteiger partial charge in [0.25, 0.3) is 0 Å². The largest absolute Gasteiger partial charge is 0.320 e. The Morgan fingerprint density at radius 3 is 1.90 bits per heavy atom. The van der Waals surface area contributed by atoms with Crippen molar-refractivity contribution in [2.45, 2.75) is 65.8 Å². The Balaban J connectivity index is 2.69. The first-order valence-electron chi connectivity index (χ1n) is 8.65. The summed E-state index contributed by atoms with van der Waals surface area (Å²) in [7, 11) is 0. The molecule has 0 aliphatic carbocycles. The van der Waals surface area contributed by atoms with Gasteiger partial charge in [0.15, 0.2) is 0 Å². The van der Waals surface area contributed by atoms with E-state index in [4.69, 9.17) is 0 Å². The fraction of sp³-hybridized carbons (Fsp3) is 0.684. The first-order chi connectivity index (χ1) is 9.76. The van der Waals surface area contributed by atoms with Gasteiger partial charge in [0.1, 0.15) is 6.54 Å². The van der Waals surface area contributed by atoms with E-state index < -0.39 is 0 Å². The average molecular weight is 276 g/mol. The van der Waals surface area contributed by atoms with Crippen LogP contribution in [0.25, 0.3) is 0 Å². The molecule has 0 aliphatic heterocycles. The van der Waals surface area contributed by atoms with Gasteiger partial charge in [-0.15, -0.1) is 0 Å². The molecule has 0 saturated carbocycles. The van der Waals surface area contributed by atoms with Crippen molar-refractivity contribution in [1.82, 2.24) is 0 Å². The third-order valence-corrected chi connectivity index (χ3v) is 4.24. The minimum absolute atomic E-state index is 1.22. The summed E-state index contributed by atoms with van der Waals surface area (Å²) in [4.78, 5) is 0. The summed E-state index contributed by atoms with van der Waals surface area (Å²) in [5.74, 6) is 0. The molecular weight excluding hydrogens is 242 g/mol. The SMILES string of the molecule is CCCCCC[N+](CCC)(CCC)Cc1ccccc1. The molecule has 1 aromatic rings. The molecule has 0 spiro atoms. The van der Waals surface area contributed by atoms with Gasteiger partial charge in [-0.3, -0.25) is 0 Å². The smallest absolute Gasteiger partial charge is 0.104 e. The van der Waals surface area contributed by atoms with Crippen molar-refractivity contribution in [1.29, 1.82) is 0 Å². The van der Waals surface area contributed by atoms with Crippen molar-refractivity contribution in [3.63, 3.8) is 0 Å². The van der Waals surface area contributed by atoms with E-state index in [-0.39, 0.29) is 0 Å². The molecule has 1 nitrogen and oxygen atoms in total. The maximum absolute atomic E-state index is 2.33. The lowest BCUT2D eigenvalue weighted by Gasteiger charge is -2.39. The molecule has 1 rings (SSSR count). The summed E-state index contributed by atoms with van der Waals surface area (Å²) in [6.07, 6.45) is 8.10. The number of hydrogen-bond acceptors (Lipinski definition) is 0. The van der Waals surface area contributed by atoms with Crippen LogP contribution in [0, 0.1) is 0 Å². The van der Waals surface area contributed by atoms with E-state index >= 15 is 0 Å². The first kappa shape index (κ1) is 17.2. The summed E-state index contributed by atoms with van der Waals surface area (Å²) in [5.41, 5.74) is 1.50. The topological polar surface area (TPSA) is 0 Å². The van der Waals surface area contributed by atoms with Gasteiger partial charge in [-0.25, -0.2) is 0 Å². The van der Waals surface area contributed by atoms with E-state index in [0.717, 1.165) is 0 Å². The van der Waals surface area contributed by atoms with Gasteiger partial charge in [-0.05, 0) is 25.7 Å². The van der Waals surface area contributed by atoms with E-state index in [9.17, 15) is 0 Å². The van der Waals surface area contributed by atoms with E-state index in [1.165, 1.54) is 74.8 Å².